The molecule has 0 heterocycles. The van der Waals surface area contributed by atoms with Crippen molar-refractivity contribution in [1.29, 1.82) is 0 Å². The third-order valence-corrected chi connectivity index (χ3v) is 5.80. The van der Waals surface area contributed by atoms with Gasteiger partial charge in [0, 0.05) is 24.2 Å². The lowest BCUT2D eigenvalue weighted by molar-refractivity contribution is -0.147. The Morgan fingerprint density at radius 1 is 1.03 bits per heavy atom. The van der Waals surface area contributed by atoms with Crippen molar-refractivity contribution in [3.8, 4) is 0 Å². The van der Waals surface area contributed by atoms with Crippen LogP contribution in [0, 0.1) is 0 Å². The highest BCUT2D eigenvalue weighted by molar-refractivity contribution is 7.89. The second kappa shape index (κ2) is 10.4. The summed E-state index contributed by atoms with van der Waals surface area (Å²) >= 11 is 0. The highest BCUT2D eigenvalue weighted by Gasteiger charge is 2.22. The lowest BCUT2D eigenvalue weighted by Gasteiger charge is -2.20. The van der Waals surface area contributed by atoms with E-state index in [-0.39, 0.29) is 10.5 Å². The molecule has 162 valence electrons. The number of amides is 2. The van der Waals surface area contributed by atoms with Crippen LogP contribution in [-0.2, 0) is 24.3 Å². The summed E-state index contributed by atoms with van der Waals surface area (Å²) in [7, 11) is -3.61. The summed E-state index contributed by atoms with van der Waals surface area (Å²) in [6, 6.07) is 5.43. The third kappa shape index (κ3) is 7.82. The molecule has 1 aromatic carbocycles. The van der Waals surface area contributed by atoms with Gasteiger partial charge in [-0.1, -0.05) is 13.8 Å². The number of ether oxygens (including phenoxy) is 1. The topological polar surface area (TPSA) is 122 Å². The van der Waals surface area contributed by atoms with Gasteiger partial charge in [-0.05, 0) is 45.0 Å². The van der Waals surface area contributed by atoms with Crippen molar-refractivity contribution in [2.45, 2.75) is 45.1 Å². The smallest absolute Gasteiger partial charge is 0.325 e. The number of carbonyl (C=O) groups is 3. The number of hydrogen-bond acceptors (Lipinski definition) is 6. The Labute approximate surface area is 171 Å². The van der Waals surface area contributed by atoms with Gasteiger partial charge in [0.1, 0.15) is 6.54 Å². The number of carbonyl (C=O) groups excluding carboxylic acids is 3. The van der Waals surface area contributed by atoms with E-state index >= 15 is 0 Å². The molecule has 0 saturated carbocycles. The second-order valence-electron chi connectivity index (χ2n) is 7.26. The number of benzene rings is 1. The van der Waals surface area contributed by atoms with Crippen LogP contribution in [0.25, 0.3) is 0 Å². The molecule has 0 aliphatic rings. The molecule has 2 N–H and O–H groups in total. The second-order valence-corrected chi connectivity index (χ2v) is 9.19. The van der Waals surface area contributed by atoms with Crippen LogP contribution in [0.15, 0.2) is 29.2 Å². The standard InChI is InChI=1S/C19H29N3O6S/c1-6-22(7-2)29(26,27)15-10-8-14(9-11-15)18(25)20-12-17(24)28-13-16(23)21-19(3,4)5/h8-11H,6-7,12-13H2,1-5H3,(H,20,25)(H,21,23). The van der Waals surface area contributed by atoms with Crippen molar-refractivity contribution < 1.29 is 27.5 Å². The monoisotopic (exact) mass is 427 g/mol. The first kappa shape index (κ1) is 24.6. The molecule has 1 rings (SSSR count). The maximum absolute atomic E-state index is 12.4. The molecule has 0 aliphatic heterocycles. The molecule has 0 saturated heterocycles. The number of nitrogens with zero attached hydrogens (tertiary/aromatic N) is 1. The fourth-order valence-electron chi connectivity index (χ4n) is 2.40. The van der Waals surface area contributed by atoms with Crippen LogP contribution in [0.3, 0.4) is 0 Å². The van der Waals surface area contributed by atoms with Crippen molar-refractivity contribution in [2.75, 3.05) is 26.2 Å². The Balaban J connectivity index is 2.59. The summed E-state index contributed by atoms with van der Waals surface area (Å²) in [5.74, 6) is -1.77. The molecule has 1 aromatic rings. The molecule has 29 heavy (non-hydrogen) atoms. The minimum absolute atomic E-state index is 0.0852. The number of sulfonamides is 1. The third-order valence-electron chi connectivity index (χ3n) is 3.73. The van der Waals surface area contributed by atoms with Crippen LogP contribution in [-0.4, -0.2) is 62.3 Å². The molecule has 0 aliphatic carbocycles. The first-order valence-electron chi connectivity index (χ1n) is 9.25. The molecule has 0 bridgehead atoms. The van der Waals surface area contributed by atoms with E-state index in [1.807, 2.05) is 0 Å². The minimum Gasteiger partial charge on any atom is -0.454 e. The zero-order valence-electron chi connectivity index (χ0n) is 17.4. The minimum atomic E-state index is -3.61. The van der Waals surface area contributed by atoms with Gasteiger partial charge in [0.15, 0.2) is 6.61 Å². The van der Waals surface area contributed by atoms with Gasteiger partial charge < -0.3 is 15.4 Å². The lowest BCUT2D eigenvalue weighted by atomic mass is 10.1. The average Bonchev–Trinajstić information content (AvgIpc) is 2.64. The number of esters is 1. The van der Waals surface area contributed by atoms with Gasteiger partial charge in [0.05, 0.1) is 4.90 Å². The Morgan fingerprint density at radius 2 is 1.59 bits per heavy atom. The number of rotatable bonds is 9. The predicted octanol–water partition coefficient (Wildman–Crippen LogP) is 0.905. The van der Waals surface area contributed by atoms with E-state index in [2.05, 4.69) is 10.6 Å². The van der Waals surface area contributed by atoms with E-state index in [1.165, 1.54) is 28.6 Å². The van der Waals surface area contributed by atoms with E-state index < -0.39 is 46.5 Å². The average molecular weight is 428 g/mol. The normalized spacial score (nSPS) is 11.8. The molecule has 2 amide bonds. The van der Waals surface area contributed by atoms with E-state index in [1.54, 1.807) is 34.6 Å². The highest BCUT2D eigenvalue weighted by atomic mass is 32.2. The Kier molecular flexibility index (Phi) is 8.78. The van der Waals surface area contributed by atoms with Crippen LogP contribution < -0.4 is 10.6 Å². The van der Waals surface area contributed by atoms with E-state index in [0.29, 0.717) is 13.1 Å². The molecule has 0 atom stereocenters. The predicted molar refractivity (Wildman–Crippen MR) is 108 cm³/mol. The fraction of sp³-hybridized carbons (Fsp3) is 0.526. The fourth-order valence-corrected chi connectivity index (χ4v) is 3.85. The molecule has 0 aromatic heterocycles. The van der Waals surface area contributed by atoms with E-state index in [9.17, 15) is 22.8 Å². The maximum atomic E-state index is 12.4. The van der Waals surface area contributed by atoms with Gasteiger partial charge in [-0.25, -0.2) is 8.42 Å². The van der Waals surface area contributed by atoms with Gasteiger partial charge in [0.2, 0.25) is 10.0 Å². The summed E-state index contributed by atoms with van der Waals surface area (Å²) in [6.45, 7) is 8.71. The largest absolute Gasteiger partial charge is 0.454 e. The quantitative estimate of drug-likeness (QED) is 0.565. The van der Waals surface area contributed by atoms with Crippen molar-refractivity contribution in [3.05, 3.63) is 29.8 Å². The Hall–Kier alpha value is -2.46. The Bertz CT molecular complexity index is 824. The SMILES string of the molecule is CCN(CC)S(=O)(=O)c1ccc(C(=O)NCC(=O)OCC(=O)NC(C)(C)C)cc1. The molecular formula is C19H29N3O6S. The molecule has 0 radical (unpaired) electrons. The highest BCUT2D eigenvalue weighted by Crippen LogP contribution is 2.16. The molecule has 0 unspecified atom stereocenters. The zero-order chi connectivity index (χ0) is 22.2. The molecule has 0 fully saturated rings. The summed E-state index contributed by atoms with van der Waals surface area (Å²) in [4.78, 5) is 35.5. The van der Waals surface area contributed by atoms with Crippen molar-refractivity contribution in [3.63, 3.8) is 0 Å². The number of nitrogens with one attached hydrogen (secondary N) is 2. The Morgan fingerprint density at radius 3 is 2.07 bits per heavy atom. The molecular weight excluding hydrogens is 398 g/mol. The van der Waals surface area contributed by atoms with E-state index in [0.717, 1.165) is 0 Å². The summed E-state index contributed by atoms with van der Waals surface area (Å²) in [5.41, 5.74) is -0.246. The zero-order valence-corrected chi connectivity index (χ0v) is 18.3. The van der Waals surface area contributed by atoms with Crippen molar-refractivity contribution in [1.82, 2.24) is 14.9 Å². The van der Waals surface area contributed by atoms with Gasteiger partial charge in [0.25, 0.3) is 11.8 Å². The maximum Gasteiger partial charge on any atom is 0.325 e. The summed E-state index contributed by atoms with van der Waals surface area (Å²) in [6.07, 6.45) is 0. The van der Waals surface area contributed by atoms with Crippen LogP contribution >= 0.6 is 0 Å². The van der Waals surface area contributed by atoms with Crippen LogP contribution in [0.2, 0.25) is 0 Å². The molecule has 9 nitrogen and oxygen atoms in total. The van der Waals surface area contributed by atoms with Crippen molar-refractivity contribution in [2.24, 2.45) is 0 Å². The first-order chi connectivity index (χ1) is 13.4. The van der Waals surface area contributed by atoms with Crippen LogP contribution in [0.1, 0.15) is 45.0 Å². The van der Waals surface area contributed by atoms with Gasteiger partial charge in [-0.3, -0.25) is 14.4 Å². The molecule has 10 heteroatoms. The summed E-state index contributed by atoms with van der Waals surface area (Å²) in [5, 5.41) is 5.01. The summed E-state index contributed by atoms with van der Waals surface area (Å²) < 4.78 is 31.0. The van der Waals surface area contributed by atoms with Crippen molar-refractivity contribution >= 4 is 27.8 Å². The van der Waals surface area contributed by atoms with Gasteiger partial charge in [-0.2, -0.15) is 4.31 Å². The van der Waals surface area contributed by atoms with Crippen LogP contribution in [0.4, 0.5) is 0 Å². The molecule has 0 spiro atoms. The van der Waals surface area contributed by atoms with E-state index in [4.69, 9.17) is 4.74 Å². The van der Waals surface area contributed by atoms with Gasteiger partial charge in [-0.15, -0.1) is 0 Å². The van der Waals surface area contributed by atoms with Gasteiger partial charge >= 0.3 is 5.97 Å². The first-order valence-corrected chi connectivity index (χ1v) is 10.7. The van der Waals surface area contributed by atoms with Crippen LogP contribution in [0.5, 0.6) is 0 Å². The number of hydrogen-bond donors (Lipinski definition) is 2. The lowest BCUT2D eigenvalue weighted by Crippen LogP contribution is -2.43.